The van der Waals surface area contributed by atoms with Crippen LogP contribution in [0.3, 0.4) is 0 Å². The maximum atomic E-state index is 13.0. The number of thiophene rings is 1. The van der Waals surface area contributed by atoms with E-state index in [2.05, 4.69) is 47.5 Å². The van der Waals surface area contributed by atoms with Crippen LogP contribution in [0.15, 0.2) is 35.7 Å². The third kappa shape index (κ3) is 4.23. The van der Waals surface area contributed by atoms with E-state index in [0.29, 0.717) is 38.5 Å². The fourth-order valence-corrected chi connectivity index (χ4v) is 6.26. The molecular formula is C26H33N3O2S. The molecule has 1 unspecified atom stereocenters. The van der Waals surface area contributed by atoms with Crippen LogP contribution in [0.5, 0.6) is 0 Å². The highest BCUT2D eigenvalue weighted by Crippen LogP contribution is 2.39. The molecule has 0 radical (unpaired) electrons. The van der Waals surface area contributed by atoms with Crippen molar-refractivity contribution in [2.45, 2.75) is 45.1 Å². The standard InChI is InChI=1S/C26H33N3O2S/c1-19-5-2-3-8-21(19)25-22-11-18-32-23(22)9-12-28(25)13-10-24(30)27-14-16-29(17-15-27)26(31)20-6-4-7-20/h2-3,5,8,11,18,20,25H,4,6-7,9-10,12-17H2,1H3. The molecule has 2 fully saturated rings. The maximum absolute atomic E-state index is 13.0. The average Bonchev–Trinajstić information content (AvgIpc) is 3.25. The van der Waals surface area contributed by atoms with Crippen molar-refractivity contribution < 1.29 is 9.59 Å². The second-order valence-corrected chi connectivity index (χ2v) is 10.4. The summed E-state index contributed by atoms with van der Waals surface area (Å²) < 4.78 is 0. The second kappa shape index (κ2) is 9.36. The molecule has 1 aromatic carbocycles. The topological polar surface area (TPSA) is 43.9 Å². The number of carbonyl (C=O) groups excluding carboxylic acids is 2. The minimum absolute atomic E-state index is 0.223. The molecule has 5 rings (SSSR count). The van der Waals surface area contributed by atoms with Gasteiger partial charge in [0.2, 0.25) is 11.8 Å². The van der Waals surface area contributed by atoms with Gasteiger partial charge in [-0.1, -0.05) is 30.7 Å². The third-order valence-corrected chi connectivity index (χ3v) is 8.56. The van der Waals surface area contributed by atoms with E-state index in [1.54, 1.807) is 0 Å². The van der Waals surface area contributed by atoms with Crippen LogP contribution in [-0.2, 0) is 16.0 Å². The Morgan fingerprint density at radius 1 is 0.969 bits per heavy atom. The number of fused-ring (bicyclic) bond motifs is 1. The number of rotatable bonds is 5. The lowest BCUT2D eigenvalue weighted by Gasteiger charge is -2.39. The number of amides is 2. The quantitative estimate of drug-likeness (QED) is 0.693. The summed E-state index contributed by atoms with van der Waals surface area (Å²) in [5.41, 5.74) is 4.06. The highest BCUT2D eigenvalue weighted by Gasteiger charge is 2.33. The van der Waals surface area contributed by atoms with Gasteiger partial charge in [-0.15, -0.1) is 11.3 Å². The van der Waals surface area contributed by atoms with Crippen molar-refractivity contribution in [3.63, 3.8) is 0 Å². The van der Waals surface area contributed by atoms with Gasteiger partial charge in [0.25, 0.3) is 0 Å². The molecule has 1 saturated carbocycles. The van der Waals surface area contributed by atoms with Gasteiger partial charge >= 0.3 is 0 Å². The molecule has 32 heavy (non-hydrogen) atoms. The van der Waals surface area contributed by atoms with Crippen molar-refractivity contribution in [2.24, 2.45) is 5.92 Å². The van der Waals surface area contributed by atoms with E-state index in [1.165, 1.54) is 28.0 Å². The molecule has 3 heterocycles. The van der Waals surface area contributed by atoms with Crippen LogP contribution in [0.1, 0.15) is 53.3 Å². The zero-order valence-corrected chi connectivity index (χ0v) is 19.8. The van der Waals surface area contributed by atoms with Crippen molar-refractivity contribution in [1.82, 2.24) is 14.7 Å². The zero-order valence-electron chi connectivity index (χ0n) is 19.0. The van der Waals surface area contributed by atoms with E-state index in [4.69, 9.17) is 0 Å². The van der Waals surface area contributed by atoms with Gasteiger partial charge in [0.15, 0.2) is 0 Å². The molecule has 1 aliphatic carbocycles. The van der Waals surface area contributed by atoms with Crippen molar-refractivity contribution in [2.75, 3.05) is 39.3 Å². The summed E-state index contributed by atoms with van der Waals surface area (Å²) in [4.78, 5) is 33.4. The molecule has 0 bridgehead atoms. The van der Waals surface area contributed by atoms with Crippen LogP contribution in [-0.4, -0.2) is 65.8 Å². The molecule has 170 valence electrons. The first-order valence-electron chi connectivity index (χ1n) is 12.0. The smallest absolute Gasteiger partial charge is 0.225 e. The van der Waals surface area contributed by atoms with Gasteiger partial charge in [0.1, 0.15) is 0 Å². The van der Waals surface area contributed by atoms with Gasteiger partial charge in [-0.2, -0.15) is 0 Å². The Bertz CT molecular complexity index is 975. The molecule has 2 aliphatic heterocycles. The highest BCUT2D eigenvalue weighted by molar-refractivity contribution is 7.10. The van der Waals surface area contributed by atoms with E-state index >= 15 is 0 Å². The predicted octanol–water partition coefficient (Wildman–Crippen LogP) is 3.87. The SMILES string of the molecule is Cc1ccccc1C1c2ccsc2CCN1CCC(=O)N1CCN(C(=O)C2CCC2)CC1. The molecule has 2 aromatic rings. The first-order chi connectivity index (χ1) is 15.6. The van der Waals surface area contributed by atoms with Crippen LogP contribution in [0.25, 0.3) is 0 Å². The molecule has 3 aliphatic rings. The maximum Gasteiger partial charge on any atom is 0.225 e. The normalized spacial score (nSPS) is 21.8. The molecule has 2 amide bonds. The summed E-state index contributed by atoms with van der Waals surface area (Å²) in [5, 5.41) is 2.20. The summed E-state index contributed by atoms with van der Waals surface area (Å²) in [6, 6.07) is 11.1. The minimum atomic E-state index is 0.223. The van der Waals surface area contributed by atoms with Crippen LogP contribution >= 0.6 is 11.3 Å². The van der Waals surface area contributed by atoms with E-state index in [9.17, 15) is 9.59 Å². The Labute approximate surface area is 195 Å². The van der Waals surface area contributed by atoms with E-state index in [-0.39, 0.29) is 17.9 Å². The number of hydrogen-bond acceptors (Lipinski definition) is 4. The van der Waals surface area contributed by atoms with Crippen LogP contribution in [0, 0.1) is 12.8 Å². The fourth-order valence-electron chi connectivity index (χ4n) is 5.35. The summed E-state index contributed by atoms with van der Waals surface area (Å²) in [5.74, 6) is 0.779. The Kier molecular flexibility index (Phi) is 6.33. The molecule has 1 atom stereocenters. The summed E-state index contributed by atoms with van der Waals surface area (Å²) >= 11 is 1.85. The number of benzene rings is 1. The zero-order chi connectivity index (χ0) is 22.1. The van der Waals surface area contributed by atoms with E-state index in [0.717, 1.165) is 32.4 Å². The fraction of sp³-hybridized carbons (Fsp3) is 0.538. The minimum Gasteiger partial charge on any atom is -0.339 e. The molecule has 0 N–H and O–H groups in total. The summed E-state index contributed by atoms with van der Waals surface area (Å²) in [6.45, 7) is 6.67. The lowest BCUT2D eigenvalue weighted by atomic mass is 9.84. The first kappa shape index (κ1) is 21.7. The van der Waals surface area contributed by atoms with E-state index in [1.807, 2.05) is 21.1 Å². The van der Waals surface area contributed by atoms with Crippen LogP contribution in [0.2, 0.25) is 0 Å². The Morgan fingerprint density at radius 2 is 1.72 bits per heavy atom. The van der Waals surface area contributed by atoms with Gasteiger partial charge < -0.3 is 9.80 Å². The second-order valence-electron chi connectivity index (χ2n) is 9.43. The van der Waals surface area contributed by atoms with Crippen LogP contribution in [0.4, 0.5) is 0 Å². The molecule has 5 nitrogen and oxygen atoms in total. The largest absolute Gasteiger partial charge is 0.339 e. The van der Waals surface area contributed by atoms with Crippen molar-refractivity contribution in [3.05, 3.63) is 57.3 Å². The molecule has 1 aromatic heterocycles. The number of nitrogens with zero attached hydrogens (tertiary/aromatic N) is 3. The number of hydrogen-bond donors (Lipinski definition) is 0. The van der Waals surface area contributed by atoms with Gasteiger partial charge in [0, 0.05) is 56.5 Å². The van der Waals surface area contributed by atoms with Gasteiger partial charge in [0.05, 0.1) is 6.04 Å². The molecule has 6 heteroatoms. The lowest BCUT2D eigenvalue weighted by Crippen LogP contribution is -2.53. The summed E-state index contributed by atoms with van der Waals surface area (Å²) in [6.07, 6.45) is 4.87. The molecular weight excluding hydrogens is 418 g/mol. The number of aryl methyl sites for hydroxylation is 1. The van der Waals surface area contributed by atoms with Crippen molar-refractivity contribution >= 4 is 23.2 Å². The lowest BCUT2D eigenvalue weighted by molar-refractivity contribution is -0.144. The monoisotopic (exact) mass is 451 g/mol. The van der Waals surface area contributed by atoms with Gasteiger partial charge in [-0.05, 0) is 54.3 Å². The number of carbonyl (C=O) groups is 2. The van der Waals surface area contributed by atoms with Gasteiger partial charge in [-0.25, -0.2) is 0 Å². The highest BCUT2D eigenvalue weighted by atomic mass is 32.1. The first-order valence-corrected chi connectivity index (χ1v) is 12.9. The Balaban J connectivity index is 1.21. The predicted molar refractivity (Wildman–Crippen MR) is 128 cm³/mol. The van der Waals surface area contributed by atoms with Crippen molar-refractivity contribution in [3.8, 4) is 0 Å². The Morgan fingerprint density at radius 3 is 2.44 bits per heavy atom. The Hall–Kier alpha value is -2.18. The van der Waals surface area contributed by atoms with Gasteiger partial charge in [-0.3, -0.25) is 14.5 Å². The molecule has 0 spiro atoms. The summed E-state index contributed by atoms with van der Waals surface area (Å²) in [7, 11) is 0. The number of piperazine rings is 1. The van der Waals surface area contributed by atoms with Crippen molar-refractivity contribution in [1.29, 1.82) is 0 Å². The molecule has 1 saturated heterocycles. The van der Waals surface area contributed by atoms with E-state index < -0.39 is 0 Å². The third-order valence-electron chi connectivity index (χ3n) is 7.56. The van der Waals surface area contributed by atoms with Crippen LogP contribution < -0.4 is 0 Å². The average molecular weight is 452 g/mol.